The number of aliphatic hydroxyl groups excluding tert-OH is 1. The van der Waals surface area contributed by atoms with Gasteiger partial charge in [0.15, 0.2) is 0 Å². The smallest absolute Gasteiger partial charge is 0.265 e. The third kappa shape index (κ3) is 3.34. The third-order valence-corrected chi connectivity index (χ3v) is 4.86. The Kier molecular flexibility index (Phi) is 4.69. The van der Waals surface area contributed by atoms with Crippen molar-refractivity contribution in [1.82, 2.24) is 4.98 Å². The van der Waals surface area contributed by atoms with Crippen LogP contribution >= 0.6 is 11.3 Å². The van der Waals surface area contributed by atoms with E-state index in [2.05, 4.69) is 10.3 Å². The van der Waals surface area contributed by atoms with Gasteiger partial charge in [0, 0.05) is 16.6 Å². The van der Waals surface area contributed by atoms with Crippen LogP contribution in [0.4, 0.5) is 10.1 Å². The molecule has 0 aliphatic carbocycles. The number of aryl methyl sites for hydroxylation is 1. The summed E-state index contributed by atoms with van der Waals surface area (Å²) in [5, 5.41) is 12.1. The van der Waals surface area contributed by atoms with E-state index in [0.29, 0.717) is 16.1 Å². The number of carbonyl (C=O) groups is 1. The normalized spacial score (nSPS) is 10.6. The standard InChI is InChI=1S/C18H15FN2O2S/c1-11-8-16(24-17(11)12-2-4-14(19)5-3-12)18(23)21-15-9-20-7-6-13(15)10-22/h2-9,22H,10H2,1H3,(H,21,23). The molecule has 2 N–H and O–H groups in total. The highest BCUT2D eigenvalue weighted by Crippen LogP contribution is 2.33. The lowest BCUT2D eigenvalue weighted by atomic mass is 10.1. The second-order valence-corrected chi connectivity index (χ2v) is 6.33. The molecule has 24 heavy (non-hydrogen) atoms. The number of halogens is 1. The van der Waals surface area contributed by atoms with Gasteiger partial charge >= 0.3 is 0 Å². The SMILES string of the molecule is Cc1cc(C(=O)Nc2cnccc2CO)sc1-c1ccc(F)cc1. The molecule has 6 heteroatoms. The number of thiophene rings is 1. The van der Waals surface area contributed by atoms with E-state index >= 15 is 0 Å². The van der Waals surface area contributed by atoms with Crippen LogP contribution in [-0.4, -0.2) is 16.0 Å². The predicted octanol–water partition coefficient (Wildman–Crippen LogP) is 4.00. The number of nitrogens with one attached hydrogen (secondary N) is 1. The van der Waals surface area contributed by atoms with Crippen LogP contribution in [0.5, 0.6) is 0 Å². The Morgan fingerprint density at radius 1 is 1.29 bits per heavy atom. The summed E-state index contributed by atoms with van der Waals surface area (Å²) >= 11 is 1.34. The van der Waals surface area contributed by atoms with E-state index in [1.165, 1.54) is 29.7 Å². The summed E-state index contributed by atoms with van der Waals surface area (Å²) in [7, 11) is 0. The fourth-order valence-corrected chi connectivity index (χ4v) is 3.41. The zero-order valence-electron chi connectivity index (χ0n) is 12.9. The predicted molar refractivity (Wildman–Crippen MR) is 92.6 cm³/mol. The topological polar surface area (TPSA) is 62.2 Å². The molecule has 0 bridgehead atoms. The highest BCUT2D eigenvalue weighted by atomic mass is 32.1. The first-order valence-corrected chi connectivity index (χ1v) is 8.11. The Labute approximate surface area is 142 Å². The van der Waals surface area contributed by atoms with Crippen molar-refractivity contribution in [1.29, 1.82) is 0 Å². The van der Waals surface area contributed by atoms with Gasteiger partial charge in [-0.05, 0) is 42.3 Å². The molecular formula is C18H15FN2O2S. The molecule has 0 saturated carbocycles. The van der Waals surface area contributed by atoms with Gasteiger partial charge in [-0.1, -0.05) is 12.1 Å². The lowest BCUT2D eigenvalue weighted by Crippen LogP contribution is -2.12. The molecule has 0 unspecified atom stereocenters. The van der Waals surface area contributed by atoms with Crippen molar-refractivity contribution < 1.29 is 14.3 Å². The van der Waals surface area contributed by atoms with Crippen LogP contribution in [0.25, 0.3) is 10.4 Å². The van der Waals surface area contributed by atoms with Crippen molar-refractivity contribution in [2.45, 2.75) is 13.5 Å². The number of anilines is 1. The Morgan fingerprint density at radius 3 is 2.75 bits per heavy atom. The van der Waals surface area contributed by atoms with Crippen LogP contribution in [0.1, 0.15) is 20.8 Å². The summed E-state index contributed by atoms with van der Waals surface area (Å²) in [5.41, 5.74) is 2.91. The monoisotopic (exact) mass is 342 g/mol. The third-order valence-electron chi connectivity index (χ3n) is 3.58. The summed E-state index contributed by atoms with van der Waals surface area (Å²) in [6, 6.07) is 9.64. The number of benzene rings is 1. The summed E-state index contributed by atoms with van der Waals surface area (Å²) in [5.74, 6) is -0.557. The van der Waals surface area contributed by atoms with E-state index in [0.717, 1.165) is 16.0 Å². The van der Waals surface area contributed by atoms with Crippen LogP contribution in [0.2, 0.25) is 0 Å². The van der Waals surface area contributed by atoms with Crippen molar-refractivity contribution >= 4 is 22.9 Å². The molecule has 4 nitrogen and oxygen atoms in total. The molecule has 0 aliphatic rings. The minimum absolute atomic E-state index is 0.178. The molecule has 1 aromatic carbocycles. The molecule has 0 atom stereocenters. The Balaban J connectivity index is 1.86. The Hall–Kier alpha value is -2.57. The molecule has 1 amide bonds. The van der Waals surface area contributed by atoms with Crippen LogP contribution in [0.3, 0.4) is 0 Å². The van der Waals surface area contributed by atoms with E-state index in [4.69, 9.17) is 0 Å². The summed E-state index contributed by atoms with van der Waals surface area (Å²) in [6.07, 6.45) is 3.06. The largest absolute Gasteiger partial charge is 0.392 e. The van der Waals surface area contributed by atoms with Crippen molar-refractivity contribution in [2.75, 3.05) is 5.32 Å². The molecule has 0 aliphatic heterocycles. The minimum atomic E-state index is -0.293. The van der Waals surface area contributed by atoms with Gasteiger partial charge in [0.2, 0.25) is 0 Å². The second-order valence-electron chi connectivity index (χ2n) is 5.27. The van der Waals surface area contributed by atoms with Gasteiger partial charge in [0.1, 0.15) is 5.82 Å². The van der Waals surface area contributed by atoms with E-state index in [-0.39, 0.29) is 18.3 Å². The average Bonchev–Trinajstić information content (AvgIpc) is 2.98. The van der Waals surface area contributed by atoms with Gasteiger partial charge < -0.3 is 10.4 Å². The van der Waals surface area contributed by atoms with Crippen molar-refractivity contribution in [3.8, 4) is 10.4 Å². The first-order chi connectivity index (χ1) is 11.6. The zero-order chi connectivity index (χ0) is 17.1. The number of pyridine rings is 1. The number of aromatic nitrogens is 1. The van der Waals surface area contributed by atoms with Gasteiger partial charge in [0.05, 0.1) is 23.4 Å². The van der Waals surface area contributed by atoms with Crippen LogP contribution in [-0.2, 0) is 6.61 Å². The highest BCUT2D eigenvalue weighted by Gasteiger charge is 2.15. The van der Waals surface area contributed by atoms with Gasteiger partial charge in [-0.15, -0.1) is 11.3 Å². The number of nitrogens with zero attached hydrogens (tertiary/aromatic N) is 1. The average molecular weight is 342 g/mol. The quantitative estimate of drug-likeness (QED) is 0.753. The van der Waals surface area contributed by atoms with Gasteiger partial charge in [-0.2, -0.15) is 0 Å². The van der Waals surface area contributed by atoms with Gasteiger partial charge in [-0.25, -0.2) is 4.39 Å². The fourth-order valence-electron chi connectivity index (χ4n) is 2.34. The number of aliphatic hydroxyl groups is 1. The summed E-state index contributed by atoms with van der Waals surface area (Å²) < 4.78 is 13.1. The second kappa shape index (κ2) is 6.90. The highest BCUT2D eigenvalue weighted by molar-refractivity contribution is 7.17. The first-order valence-electron chi connectivity index (χ1n) is 7.30. The van der Waals surface area contributed by atoms with E-state index < -0.39 is 0 Å². The number of amides is 1. The van der Waals surface area contributed by atoms with E-state index in [1.54, 1.807) is 30.5 Å². The molecule has 2 heterocycles. The lowest BCUT2D eigenvalue weighted by molar-refractivity contribution is 0.103. The van der Waals surface area contributed by atoms with Crippen LogP contribution < -0.4 is 5.32 Å². The number of carbonyl (C=O) groups excluding carboxylic acids is 1. The number of hydrogen-bond acceptors (Lipinski definition) is 4. The fraction of sp³-hybridized carbons (Fsp3) is 0.111. The molecule has 3 aromatic rings. The van der Waals surface area contributed by atoms with Crippen LogP contribution in [0.15, 0.2) is 48.8 Å². The van der Waals surface area contributed by atoms with Crippen LogP contribution in [0, 0.1) is 12.7 Å². The molecule has 122 valence electrons. The maximum Gasteiger partial charge on any atom is 0.265 e. The lowest BCUT2D eigenvalue weighted by Gasteiger charge is -2.07. The number of hydrogen-bond donors (Lipinski definition) is 2. The van der Waals surface area contributed by atoms with Gasteiger partial charge in [0.25, 0.3) is 5.91 Å². The molecular weight excluding hydrogens is 327 g/mol. The zero-order valence-corrected chi connectivity index (χ0v) is 13.7. The van der Waals surface area contributed by atoms with Crippen molar-refractivity contribution in [3.63, 3.8) is 0 Å². The van der Waals surface area contributed by atoms with E-state index in [9.17, 15) is 14.3 Å². The minimum Gasteiger partial charge on any atom is -0.392 e. The van der Waals surface area contributed by atoms with Crippen molar-refractivity contribution in [2.24, 2.45) is 0 Å². The van der Waals surface area contributed by atoms with E-state index in [1.807, 2.05) is 6.92 Å². The van der Waals surface area contributed by atoms with Crippen molar-refractivity contribution in [3.05, 3.63) is 70.6 Å². The molecule has 0 spiro atoms. The Bertz CT molecular complexity index is 875. The van der Waals surface area contributed by atoms with Gasteiger partial charge in [-0.3, -0.25) is 9.78 Å². The molecule has 0 saturated heterocycles. The number of rotatable bonds is 4. The maximum absolute atomic E-state index is 13.1. The molecule has 3 rings (SSSR count). The summed E-state index contributed by atoms with van der Waals surface area (Å²) in [4.78, 5) is 17.9. The first kappa shape index (κ1) is 16.3. The Morgan fingerprint density at radius 2 is 2.04 bits per heavy atom. The molecule has 0 fully saturated rings. The molecule has 0 radical (unpaired) electrons. The maximum atomic E-state index is 13.1. The molecule has 2 aromatic heterocycles. The summed E-state index contributed by atoms with van der Waals surface area (Å²) in [6.45, 7) is 1.73.